The Hall–Kier alpha value is -4.60. The summed E-state index contributed by atoms with van der Waals surface area (Å²) in [5.41, 5.74) is 3.00. The summed E-state index contributed by atoms with van der Waals surface area (Å²) in [5, 5.41) is 7.57. The Balaban J connectivity index is 0.000000174. The average Bonchev–Trinajstić information content (AvgIpc) is 3.60. The van der Waals surface area contributed by atoms with E-state index in [4.69, 9.17) is 4.74 Å². The fourth-order valence-corrected chi connectivity index (χ4v) is 3.78. The number of carbonyl (C=O) groups is 3. The Bertz CT molecular complexity index is 1580. The molecule has 0 fully saturated rings. The standard InChI is InChI=1S/C14H12FN3O2.C12H10FNO2/c1-2-20-14(19)12-7-11(17-18-12)9-3-4-10(15)8-5-6-16-13(8)9;1-7(15)6-11(16)9-2-3-10(13)8-4-5-14-12(8)9/h3-7,16H,2H2,1H3,(H,17,18);2-5,14H,6H2,1H3. The van der Waals surface area contributed by atoms with Gasteiger partial charge in [0.1, 0.15) is 23.1 Å². The molecular formula is C26H22F2N4O4. The molecule has 3 aromatic heterocycles. The number of halogens is 2. The van der Waals surface area contributed by atoms with Crippen molar-refractivity contribution in [3.63, 3.8) is 0 Å². The Morgan fingerprint density at radius 3 is 2.22 bits per heavy atom. The third kappa shape index (κ3) is 4.92. The van der Waals surface area contributed by atoms with Crippen LogP contribution in [0.2, 0.25) is 0 Å². The van der Waals surface area contributed by atoms with Gasteiger partial charge < -0.3 is 14.7 Å². The number of esters is 1. The summed E-state index contributed by atoms with van der Waals surface area (Å²) in [5.74, 6) is -1.63. The molecule has 3 N–H and O–H groups in total. The number of nitrogens with zero attached hydrogens (tertiary/aromatic N) is 1. The van der Waals surface area contributed by atoms with Gasteiger partial charge in [0.25, 0.3) is 0 Å². The van der Waals surface area contributed by atoms with Gasteiger partial charge in [-0.05, 0) is 56.3 Å². The number of carbonyl (C=O) groups excluding carboxylic acids is 3. The quantitative estimate of drug-likeness (QED) is 0.168. The first-order valence-corrected chi connectivity index (χ1v) is 11.1. The van der Waals surface area contributed by atoms with Crippen LogP contribution < -0.4 is 0 Å². The van der Waals surface area contributed by atoms with Crippen molar-refractivity contribution in [2.75, 3.05) is 6.61 Å². The van der Waals surface area contributed by atoms with Gasteiger partial charge in [0.15, 0.2) is 5.78 Å². The largest absolute Gasteiger partial charge is 0.461 e. The summed E-state index contributed by atoms with van der Waals surface area (Å²) in [4.78, 5) is 40.0. The SMILES string of the molecule is CC(=O)CC(=O)c1ccc(F)c2cc[nH]c12.CCOC(=O)c1cc(-c2ccc(F)c3cc[nH]c23)n[nH]1. The van der Waals surface area contributed by atoms with E-state index in [9.17, 15) is 23.2 Å². The fraction of sp³-hybridized carbons (Fsp3) is 0.154. The van der Waals surface area contributed by atoms with E-state index in [2.05, 4.69) is 20.2 Å². The first-order chi connectivity index (χ1) is 17.3. The van der Waals surface area contributed by atoms with Crippen LogP contribution in [0.1, 0.15) is 41.1 Å². The molecule has 0 spiro atoms. The maximum Gasteiger partial charge on any atom is 0.356 e. The highest BCUT2D eigenvalue weighted by molar-refractivity contribution is 6.13. The van der Waals surface area contributed by atoms with Gasteiger partial charge in [0.05, 0.1) is 29.8 Å². The molecule has 3 heterocycles. The van der Waals surface area contributed by atoms with Crippen LogP contribution in [0.25, 0.3) is 33.1 Å². The first kappa shape index (κ1) is 24.5. The van der Waals surface area contributed by atoms with Gasteiger partial charge in [-0.25, -0.2) is 13.6 Å². The minimum absolute atomic E-state index is 0.153. The van der Waals surface area contributed by atoms with E-state index in [1.807, 2.05) is 0 Å². The molecule has 5 rings (SSSR count). The van der Waals surface area contributed by atoms with E-state index in [1.54, 1.807) is 43.6 Å². The molecule has 0 bridgehead atoms. The van der Waals surface area contributed by atoms with Gasteiger partial charge in [-0.3, -0.25) is 14.7 Å². The number of nitrogens with one attached hydrogen (secondary N) is 3. The lowest BCUT2D eigenvalue weighted by Crippen LogP contribution is -2.05. The fourth-order valence-electron chi connectivity index (χ4n) is 3.78. The van der Waals surface area contributed by atoms with Gasteiger partial charge >= 0.3 is 5.97 Å². The summed E-state index contributed by atoms with van der Waals surface area (Å²) in [6.07, 6.45) is 3.08. The number of Topliss-reactive ketones (excluding diaryl/α,β-unsaturated/α-hetero) is 2. The van der Waals surface area contributed by atoms with Gasteiger partial charge in [0.2, 0.25) is 0 Å². The predicted molar refractivity (Wildman–Crippen MR) is 130 cm³/mol. The maximum atomic E-state index is 13.6. The van der Waals surface area contributed by atoms with E-state index >= 15 is 0 Å². The molecule has 10 heteroatoms. The summed E-state index contributed by atoms with van der Waals surface area (Å²) in [6, 6.07) is 10.5. The van der Waals surface area contributed by atoms with Crippen molar-refractivity contribution < 1.29 is 27.9 Å². The molecule has 5 aromatic rings. The summed E-state index contributed by atoms with van der Waals surface area (Å²) >= 11 is 0. The van der Waals surface area contributed by atoms with Crippen LogP contribution in [-0.4, -0.2) is 44.3 Å². The number of hydrogen-bond acceptors (Lipinski definition) is 5. The molecule has 0 saturated heterocycles. The van der Waals surface area contributed by atoms with Crippen LogP contribution in [0.5, 0.6) is 0 Å². The van der Waals surface area contributed by atoms with Crippen molar-refractivity contribution >= 4 is 39.3 Å². The molecular weight excluding hydrogens is 470 g/mol. The highest BCUT2D eigenvalue weighted by Gasteiger charge is 2.16. The molecule has 0 radical (unpaired) electrons. The molecule has 8 nitrogen and oxygen atoms in total. The maximum absolute atomic E-state index is 13.6. The second-order valence-corrected chi connectivity index (χ2v) is 7.91. The summed E-state index contributed by atoms with van der Waals surface area (Å²) in [6.45, 7) is 3.38. The highest BCUT2D eigenvalue weighted by Crippen LogP contribution is 2.28. The lowest BCUT2D eigenvalue weighted by Gasteiger charge is -2.01. The average molecular weight is 492 g/mol. The third-order valence-electron chi connectivity index (χ3n) is 5.40. The minimum atomic E-state index is -0.462. The Labute approximate surface area is 203 Å². The smallest absolute Gasteiger partial charge is 0.356 e. The number of ketones is 2. The van der Waals surface area contributed by atoms with Gasteiger partial charge in [-0.2, -0.15) is 5.10 Å². The minimum Gasteiger partial charge on any atom is -0.461 e. The molecule has 2 aromatic carbocycles. The number of aromatic nitrogens is 4. The lowest BCUT2D eigenvalue weighted by molar-refractivity contribution is -0.116. The molecule has 36 heavy (non-hydrogen) atoms. The molecule has 0 amide bonds. The number of H-pyrrole nitrogens is 3. The number of aromatic amines is 3. The Kier molecular flexibility index (Phi) is 7.05. The molecule has 184 valence electrons. The van der Waals surface area contributed by atoms with Crippen molar-refractivity contribution in [1.29, 1.82) is 0 Å². The van der Waals surface area contributed by atoms with Crippen molar-refractivity contribution in [3.8, 4) is 11.3 Å². The summed E-state index contributed by atoms with van der Waals surface area (Å²) < 4.78 is 31.8. The summed E-state index contributed by atoms with van der Waals surface area (Å²) in [7, 11) is 0. The molecule has 0 atom stereocenters. The van der Waals surface area contributed by atoms with Crippen molar-refractivity contribution in [2.24, 2.45) is 0 Å². The topological polar surface area (TPSA) is 121 Å². The number of ether oxygens (including phenoxy) is 1. The Morgan fingerprint density at radius 2 is 1.56 bits per heavy atom. The van der Waals surface area contributed by atoms with Crippen molar-refractivity contribution in [2.45, 2.75) is 20.3 Å². The van der Waals surface area contributed by atoms with E-state index in [0.717, 1.165) is 5.56 Å². The van der Waals surface area contributed by atoms with Crippen LogP contribution in [0.4, 0.5) is 8.78 Å². The number of rotatable bonds is 6. The van der Waals surface area contributed by atoms with Gasteiger partial charge in [-0.15, -0.1) is 0 Å². The zero-order valence-corrected chi connectivity index (χ0v) is 19.4. The second-order valence-electron chi connectivity index (χ2n) is 7.91. The first-order valence-electron chi connectivity index (χ1n) is 11.1. The van der Waals surface area contributed by atoms with E-state index in [-0.39, 0.29) is 35.3 Å². The van der Waals surface area contributed by atoms with Crippen LogP contribution in [0, 0.1) is 11.6 Å². The van der Waals surface area contributed by atoms with Crippen LogP contribution >= 0.6 is 0 Å². The Morgan fingerprint density at radius 1 is 0.917 bits per heavy atom. The molecule has 0 aliphatic heterocycles. The van der Waals surface area contributed by atoms with Gasteiger partial charge in [-0.1, -0.05) is 0 Å². The van der Waals surface area contributed by atoms with Crippen LogP contribution in [-0.2, 0) is 9.53 Å². The zero-order valence-electron chi connectivity index (χ0n) is 19.4. The normalized spacial score (nSPS) is 10.8. The van der Waals surface area contributed by atoms with Crippen LogP contribution in [0.15, 0.2) is 54.9 Å². The zero-order chi connectivity index (χ0) is 25.8. The monoisotopic (exact) mass is 492 g/mol. The molecule has 0 aliphatic rings. The van der Waals surface area contributed by atoms with Crippen molar-refractivity contribution in [3.05, 3.63) is 77.8 Å². The third-order valence-corrected chi connectivity index (χ3v) is 5.40. The molecule has 0 saturated carbocycles. The van der Waals surface area contributed by atoms with Crippen molar-refractivity contribution in [1.82, 2.24) is 20.2 Å². The highest BCUT2D eigenvalue weighted by atomic mass is 19.1. The van der Waals surface area contributed by atoms with Gasteiger partial charge in [0, 0.05) is 34.3 Å². The molecule has 0 unspecified atom stereocenters. The molecule has 0 aliphatic carbocycles. The number of fused-ring (bicyclic) bond motifs is 2. The number of benzene rings is 2. The van der Waals surface area contributed by atoms with E-state index in [1.165, 1.54) is 25.1 Å². The predicted octanol–water partition coefficient (Wildman–Crippen LogP) is 5.34. The second kappa shape index (κ2) is 10.3. The van der Waals surface area contributed by atoms with E-state index in [0.29, 0.717) is 39.7 Å². The van der Waals surface area contributed by atoms with Crippen LogP contribution in [0.3, 0.4) is 0 Å². The lowest BCUT2D eigenvalue weighted by atomic mass is 10.0. The van der Waals surface area contributed by atoms with E-state index < -0.39 is 5.97 Å². The number of hydrogen-bond donors (Lipinski definition) is 3.